The summed E-state index contributed by atoms with van der Waals surface area (Å²) in [6.45, 7) is 6.01. The molecule has 1 aliphatic heterocycles. The van der Waals surface area contributed by atoms with E-state index in [4.69, 9.17) is 10.5 Å². The van der Waals surface area contributed by atoms with Crippen LogP contribution in [0, 0.1) is 5.82 Å². The van der Waals surface area contributed by atoms with Crippen LogP contribution in [-0.4, -0.2) is 36.2 Å². The minimum absolute atomic E-state index is 0.121. The van der Waals surface area contributed by atoms with Crippen LogP contribution >= 0.6 is 0 Å². The van der Waals surface area contributed by atoms with Crippen LogP contribution in [-0.2, 0) is 11.3 Å². The molecule has 1 aliphatic rings. The molecule has 0 saturated carbocycles. The van der Waals surface area contributed by atoms with Crippen molar-refractivity contribution >= 4 is 0 Å². The van der Waals surface area contributed by atoms with Crippen LogP contribution in [0.2, 0.25) is 0 Å². The van der Waals surface area contributed by atoms with Crippen molar-refractivity contribution in [3.63, 3.8) is 0 Å². The molecule has 2 rings (SSSR count). The minimum Gasteiger partial charge on any atom is -0.375 e. The molecule has 1 atom stereocenters. The molecule has 0 amide bonds. The Kier molecular flexibility index (Phi) is 4.47. The van der Waals surface area contributed by atoms with Crippen molar-refractivity contribution in [2.75, 3.05) is 20.2 Å². The second kappa shape index (κ2) is 5.80. The number of hydrogen-bond acceptors (Lipinski definition) is 3. The lowest BCUT2D eigenvalue weighted by Gasteiger charge is -2.49. The van der Waals surface area contributed by atoms with Gasteiger partial charge in [-0.15, -0.1) is 0 Å². The van der Waals surface area contributed by atoms with E-state index in [1.54, 1.807) is 6.07 Å². The second-order valence-electron chi connectivity index (χ2n) is 6.41. The number of rotatable bonds is 4. The van der Waals surface area contributed by atoms with E-state index >= 15 is 0 Å². The van der Waals surface area contributed by atoms with E-state index in [9.17, 15) is 4.39 Å². The zero-order valence-corrected chi connectivity index (χ0v) is 12.7. The molecule has 0 bridgehead atoms. The first kappa shape index (κ1) is 15.4. The Bertz CT molecular complexity index is 464. The van der Waals surface area contributed by atoms with Crippen LogP contribution in [0.25, 0.3) is 0 Å². The molecule has 20 heavy (non-hydrogen) atoms. The molecule has 1 aromatic rings. The Morgan fingerprint density at radius 1 is 1.35 bits per heavy atom. The van der Waals surface area contributed by atoms with Crippen molar-refractivity contribution in [2.45, 2.75) is 44.4 Å². The van der Waals surface area contributed by atoms with Gasteiger partial charge in [0, 0.05) is 30.8 Å². The van der Waals surface area contributed by atoms with E-state index in [-0.39, 0.29) is 17.0 Å². The van der Waals surface area contributed by atoms with Gasteiger partial charge in [-0.25, -0.2) is 4.39 Å². The van der Waals surface area contributed by atoms with Gasteiger partial charge in [0.2, 0.25) is 0 Å². The average molecular weight is 280 g/mol. The number of halogens is 1. The van der Waals surface area contributed by atoms with Crippen LogP contribution < -0.4 is 5.73 Å². The van der Waals surface area contributed by atoms with Gasteiger partial charge in [-0.05, 0) is 39.8 Å². The Hall–Kier alpha value is -0.970. The molecule has 3 nitrogen and oxygen atoms in total. The molecule has 1 fully saturated rings. The van der Waals surface area contributed by atoms with Crippen LogP contribution in [0.3, 0.4) is 0 Å². The van der Waals surface area contributed by atoms with Crippen molar-refractivity contribution in [1.29, 1.82) is 0 Å². The highest BCUT2D eigenvalue weighted by Gasteiger charge is 2.42. The third kappa shape index (κ3) is 3.19. The van der Waals surface area contributed by atoms with Crippen LogP contribution in [0.5, 0.6) is 0 Å². The van der Waals surface area contributed by atoms with Gasteiger partial charge < -0.3 is 10.5 Å². The first-order valence-corrected chi connectivity index (χ1v) is 7.17. The standard InChI is InChI=1S/C16H25FN2O/c1-15(2)11-16(12-18,8-9-20-15)19(3)10-13-6-4-5-7-14(13)17/h4-7H,8-12,18H2,1-3H3. The molecule has 0 aliphatic carbocycles. The highest BCUT2D eigenvalue weighted by atomic mass is 19.1. The van der Waals surface area contributed by atoms with Gasteiger partial charge in [-0.3, -0.25) is 4.90 Å². The summed E-state index contributed by atoms with van der Waals surface area (Å²) in [5.41, 5.74) is 6.48. The molecule has 1 unspecified atom stereocenters. The Balaban J connectivity index is 2.17. The molecule has 2 N–H and O–H groups in total. The van der Waals surface area contributed by atoms with E-state index in [0.29, 0.717) is 25.3 Å². The average Bonchev–Trinajstić information content (AvgIpc) is 2.40. The summed E-state index contributed by atoms with van der Waals surface area (Å²) in [6.07, 6.45) is 1.75. The van der Waals surface area contributed by atoms with Gasteiger partial charge in [-0.2, -0.15) is 0 Å². The highest BCUT2D eigenvalue weighted by molar-refractivity contribution is 5.17. The fourth-order valence-electron chi connectivity index (χ4n) is 3.15. The normalized spacial score (nSPS) is 25.9. The Labute approximate surface area is 120 Å². The Morgan fingerprint density at radius 2 is 2.05 bits per heavy atom. The molecular formula is C16H25FN2O. The fraction of sp³-hybridized carbons (Fsp3) is 0.625. The van der Waals surface area contributed by atoms with Crippen molar-refractivity contribution in [3.05, 3.63) is 35.6 Å². The van der Waals surface area contributed by atoms with Gasteiger partial charge in [0.1, 0.15) is 5.82 Å². The maximum atomic E-state index is 13.8. The molecule has 0 radical (unpaired) electrons. The maximum Gasteiger partial charge on any atom is 0.127 e. The zero-order chi connectivity index (χ0) is 14.8. The van der Waals surface area contributed by atoms with E-state index in [1.807, 2.05) is 19.2 Å². The third-order valence-corrected chi connectivity index (χ3v) is 4.37. The molecule has 0 spiro atoms. The monoisotopic (exact) mass is 280 g/mol. The third-order valence-electron chi connectivity index (χ3n) is 4.37. The van der Waals surface area contributed by atoms with Crippen molar-refractivity contribution in [2.24, 2.45) is 5.73 Å². The van der Waals surface area contributed by atoms with E-state index < -0.39 is 0 Å². The molecular weight excluding hydrogens is 255 g/mol. The number of hydrogen-bond donors (Lipinski definition) is 1. The molecule has 1 heterocycles. The van der Waals surface area contributed by atoms with E-state index in [1.165, 1.54) is 6.07 Å². The molecule has 112 valence electrons. The summed E-state index contributed by atoms with van der Waals surface area (Å²) in [5.74, 6) is -0.155. The molecule has 1 aromatic carbocycles. The molecule has 1 saturated heterocycles. The van der Waals surface area contributed by atoms with Gasteiger partial charge in [-0.1, -0.05) is 18.2 Å². The van der Waals surface area contributed by atoms with Gasteiger partial charge in [0.05, 0.1) is 5.60 Å². The summed E-state index contributed by atoms with van der Waals surface area (Å²) in [5, 5.41) is 0. The lowest BCUT2D eigenvalue weighted by molar-refractivity contribution is -0.115. The van der Waals surface area contributed by atoms with Crippen LogP contribution in [0.1, 0.15) is 32.3 Å². The lowest BCUT2D eigenvalue weighted by atomic mass is 9.80. The lowest BCUT2D eigenvalue weighted by Crippen LogP contribution is -2.59. The minimum atomic E-state index is -0.179. The number of ether oxygens (including phenoxy) is 1. The van der Waals surface area contributed by atoms with E-state index in [0.717, 1.165) is 12.8 Å². The fourth-order valence-corrected chi connectivity index (χ4v) is 3.15. The van der Waals surface area contributed by atoms with Crippen LogP contribution in [0.4, 0.5) is 4.39 Å². The molecule has 4 heteroatoms. The zero-order valence-electron chi connectivity index (χ0n) is 12.7. The van der Waals surface area contributed by atoms with Crippen molar-refractivity contribution < 1.29 is 9.13 Å². The van der Waals surface area contributed by atoms with Gasteiger partial charge >= 0.3 is 0 Å². The summed E-state index contributed by atoms with van der Waals surface area (Å²) in [7, 11) is 2.03. The quantitative estimate of drug-likeness (QED) is 0.921. The first-order valence-electron chi connectivity index (χ1n) is 7.17. The number of likely N-dealkylation sites (N-methyl/N-ethyl adjacent to an activating group) is 1. The first-order chi connectivity index (χ1) is 9.38. The number of nitrogens with zero attached hydrogens (tertiary/aromatic N) is 1. The summed E-state index contributed by atoms with van der Waals surface area (Å²) in [6, 6.07) is 6.93. The topological polar surface area (TPSA) is 38.5 Å². The van der Waals surface area contributed by atoms with Gasteiger partial charge in [0.25, 0.3) is 0 Å². The summed E-state index contributed by atoms with van der Waals surface area (Å²) < 4.78 is 19.6. The largest absolute Gasteiger partial charge is 0.375 e. The molecule has 0 aromatic heterocycles. The van der Waals surface area contributed by atoms with Crippen molar-refractivity contribution in [1.82, 2.24) is 4.90 Å². The summed E-state index contributed by atoms with van der Waals surface area (Å²) >= 11 is 0. The number of benzene rings is 1. The van der Waals surface area contributed by atoms with Crippen LogP contribution in [0.15, 0.2) is 24.3 Å². The highest BCUT2D eigenvalue weighted by Crippen LogP contribution is 2.36. The predicted octanol–water partition coefficient (Wildman–Crippen LogP) is 2.54. The number of nitrogens with two attached hydrogens (primary N) is 1. The SMILES string of the molecule is CN(Cc1ccccc1F)C1(CN)CCOC(C)(C)C1. The Morgan fingerprint density at radius 3 is 2.65 bits per heavy atom. The smallest absolute Gasteiger partial charge is 0.127 e. The van der Waals surface area contributed by atoms with Gasteiger partial charge in [0.15, 0.2) is 0 Å². The van der Waals surface area contributed by atoms with E-state index in [2.05, 4.69) is 18.7 Å². The summed E-state index contributed by atoms with van der Waals surface area (Å²) in [4.78, 5) is 2.19. The second-order valence-corrected chi connectivity index (χ2v) is 6.41. The predicted molar refractivity (Wildman–Crippen MR) is 78.9 cm³/mol. The maximum absolute atomic E-state index is 13.8. The van der Waals surface area contributed by atoms with Crippen molar-refractivity contribution in [3.8, 4) is 0 Å².